The molecule has 1 unspecified atom stereocenters. The SMILES string of the molecule is CCNCc1ccc(N2CCC(C(N)=O)C2)cc1. The van der Waals surface area contributed by atoms with Crippen LogP contribution in [0.25, 0.3) is 0 Å². The average Bonchev–Trinajstić information content (AvgIpc) is 2.87. The number of hydrogen-bond acceptors (Lipinski definition) is 3. The highest BCUT2D eigenvalue weighted by atomic mass is 16.1. The summed E-state index contributed by atoms with van der Waals surface area (Å²) in [7, 11) is 0. The van der Waals surface area contributed by atoms with E-state index in [0.29, 0.717) is 0 Å². The van der Waals surface area contributed by atoms with Crippen molar-refractivity contribution in [2.75, 3.05) is 24.5 Å². The van der Waals surface area contributed by atoms with E-state index in [1.54, 1.807) is 0 Å². The summed E-state index contributed by atoms with van der Waals surface area (Å²) in [5, 5.41) is 3.30. The molecule has 1 aromatic carbocycles. The van der Waals surface area contributed by atoms with Gasteiger partial charge in [0.05, 0.1) is 5.92 Å². The predicted molar refractivity (Wildman–Crippen MR) is 73.3 cm³/mol. The molecule has 0 bridgehead atoms. The molecule has 1 fully saturated rings. The highest BCUT2D eigenvalue weighted by molar-refractivity contribution is 5.78. The van der Waals surface area contributed by atoms with Gasteiger partial charge < -0.3 is 16.0 Å². The number of primary amides is 1. The van der Waals surface area contributed by atoms with Gasteiger partial charge in [0, 0.05) is 25.3 Å². The lowest BCUT2D eigenvalue weighted by atomic mass is 10.1. The number of nitrogens with one attached hydrogen (secondary N) is 1. The molecule has 1 amide bonds. The Morgan fingerprint density at radius 1 is 1.44 bits per heavy atom. The molecule has 0 radical (unpaired) electrons. The summed E-state index contributed by atoms with van der Waals surface area (Å²) >= 11 is 0. The normalized spacial score (nSPS) is 19.2. The number of rotatable bonds is 5. The van der Waals surface area contributed by atoms with Crippen LogP contribution in [0.5, 0.6) is 0 Å². The molecule has 1 aromatic rings. The number of nitrogens with two attached hydrogens (primary N) is 1. The molecular weight excluding hydrogens is 226 g/mol. The van der Waals surface area contributed by atoms with Crippen LogP contribution in [0.4, 0.5) is 5.69 Å². The lowest BCUT2D eigenvalue weighted by Crippen LogP contribution is -2.27. The van der Waals surface area contributed by atoms with E-state index in [4.69, 9.17) is 5.73 Å². The lowest BCUT2D eigenvalue weighted by Gasteiger charge is -2.18. The van der Waals surface area contributed by atoms with Gasteiger partial charge in [-0.1, -0.05) is 19.1 Å². The van der Waals surface area contributed by atoms with Gasteiger partial charge >= 0.3 is 0 Å². The van der Waals surface area contributed by atoms with Crippen molar-refractivity contribution >= 4 is 11.6 Å². The van der Waals surface area contributed by atoms with E-state index in [9.17, 15) is 4.79 Å². The summed E-state index contributed by atoms with van der Waals surface area (Å²) in [4.78, 5) is 13.4. The van der Waals surface area contributed by atoms with Crippen molar-refractivity contribution in [1.29, 1.82) is 0 Å². The average molecular weight is 247 g/mol. The molecule has 1 saturated heterocycles. The second-order valence-electron chi connectivity index (χ2n) is 4.78. The standard InChI is InChI=1S/C14H21N3O/c1-2-16-9-11-3-5-13(6-4-11)17-8-7-12(10-17)14(15)18/h3-6,12,16H,2,7-10H2,1H3,(H2,15,18). The molecule has 0 aliphatic carbocycles. The summed E-state index contributed by atoms with van der Waals surface area (Å²) in [6, 6.07) is 8.51. The number of benzene rings is 1. The zero-order valence-electron chi connectivity index (χ0n) is 10.9. The Kier molecular flexibility index (Phi) is 4.20. The highest BCUT2D eigenvalue weighted by Crippen LogP contribution is 2.23. The molecule has 98 valence electrons. The Morgan fingerprint density at radius 3 is 2.72 bits per heavy atom. The second kappa shape index (κ2) is 5.87. The van der Waals surface area contributed by atoms with Crippen LogP contribution in [0.3, 0.4) is 0 Å². The molecule has 4 nitrogen and oxygen atoms in total. The molecule has 1 aliphatic rings. The smallest absolute Gasteiger partial charge is 0.222 e. The van der Waals surface area contributed by atoms with Gasteiger partial charge in [-0.15, -0.1) is 0 Å². The van der Waals surface area contributed by atoms with Gasteiger partial charge in [-0.05, 0) is 30.7 Å². The van der Waals surface area contributed by atoms with Crippen molar-refractivity contribution < 1.29 is 4.79 Å². The molecule has 2 rings (SSSR count). The fourth-order valence-electron chi connectivity index (χ4n) is 2.32. The van der Waals surface area contributed by atoms with Gasteiger partial charge in [0.15, 0.2) is 0 Å². The van der Waals surface area contributed by atoms with E-state index < -0.39 is 0 Å². The number of nitrogens with zero attached hydrogens (tertiary/aromatic N) is 1. The third-order valence-electron chi connectivity index (χ3n) is 3.47. The largest absolute Gasteiger partial charge is 0.371 e. The van der Waals surface area contributed by atoms with Gasteiger partial charge in [0.25, 0.3) is 0 Å². The van der Waals surface area contributed by atoms with Gasteiger partial charge in [-0.2, -0.15) is 0 Å². The number of carbonyl (C=O) groups is 1. The van der Waals surface area contributed by atoms with Crippen LogP contribution < -0.4 is 16.0 Å². The number of amides is 1. The minimum absolute atomic E-state index is 0.00596. The first-order chi connectivity index (χ1) is 8.70. The topological polar surface area (TPSA) is 58.4 Å². The minimum atomic E-state index is -0.179. The number of hydrogen-bond donors (Lipinski definition) is 2. The third kappa shape index (κ3) is 3.01. The van der Waals surface area contributed by atoms with Crippen LogP contribution in [0, 0.1) is 5.92 Å². The molecule has 0 saturated carbocycles. The summed E-state index contributed by atoms with van der Waals surface area (Å²) in [6.45, 7) is 5.65. The van der Waals surface area contributed by atoms with Crippen LogP contribution in [-0.2, 0) is 11.3 Å². The summed E-state index contributed by atoms with van der Waals surface area (Å²) in [5.41, 5.74) is 7.81. The van der Waals surface area contributed by atoms with Crippen LogP contribution >= 0.6 is 0 Å². The van der Waals surface area contributed by atoms with E-state index in [1.807, 2.05) is 0 Å². The summed E-state index contributed by atoms with van der Waals surface area (Å²) in [5.74, 6) is -0.173. The molecule has 3 N–H and O–H groups in total. The van der Waals surface area contributed by atoms with Crippen molar-refractivity contribution in [3.63, 3.8) is 0 Å². The van der Waals surface area contributed by atoms with Gasteiger partial charge in [-0.3, -0.25) is 4.79 Å². The zero-order chi connectivity index (χ0) is 13.0. The molecule has 4 heteroatoms. The van der Waals surface area contributed by atoms with Crippen LogP contribution in [0.15, 0.2) is 24.3 Å². The van der Waals surface area contributed by atoms with Gasteiger partial charge in [-0.25, -0.2) is 0 Å². The fourth-order valence-corrected chi connectivity index (χ4v) is 2.32. The molecule has 1 atom stereocenters. The van der Waals surface area contributed by atoms with Gasteiger partial charge in [0.1, 0.15) is 0 Å². The highest BCUT2D eigenvalue weighted by Gasteiger charge is 2.26. The van der Waals surface area contributed by atoms with Crippen LogP contribution in [-0.4, -0.2) is 25.5 Å². The Morgan fingerprint density at radius 2 is 2.17 bits per heavy atom. The third-order valence-corrected chi connectivity index (χ3v) is 3.47. The van der Waals surface area contributed by atoms with Crippen molar-refractivity contribution in [3.05, 3.63) is 29.8 Å². The quantitative estimate of drug-likeness (QED) is 0.819. The van der Waals surface area contributed by atoms with E-state index >= 15 is 0 Å². The van der Waals surface area contributed by atoms with Gasteiger partial charge in [0.2, 0.25) is 5.91 Å². The Bertz CT molecular complexity index is 402. The lowest BCUT2D eigenvalue weighted by molar-refractivity contribution is -0.121. The maximum atomic E-state index is 11.1. The predicted octanol–water partition coefficient (Wildman–Crippen LogP) is 1.11. The Labute approximate surface area is 108 Å². The number of anilines is 1. The van der Waals surface area contributed by atoms with Crippen LogP contribution in [0.2, 0.25) is 0 Å². The van der Waals surface area contributed by atoms with E-state index in [1.165, 1.54) is 11.3 Å². The first-order valence-electron chi connectivity index (χ1n) is 6.54. The van der Waals surface area contributed by atoms with Crippen molar-refractivity contribution in [2.45, 2.75) is 19.9 Å². The maximum absolute atomic E-state index is 11.1. The second-order valence-corrected chi connectivity index (χ2v) is 4.78. The number of carbonyl (C=O) groups excluding carboxylic acids is 1. The Balaban J connectivity index is 1.96. The monoisotopic (exact) mass is 247 g/mol. The first-order valence-corrected chi connectivity index (χ1v) is 6.54. The molecule has 0 aromatic heterocycles. The summed E-state index contributed by atoms with van der Waals surface area (Å²) < 4.78 is 0. The molecule has 1 heterocycles. The van der Waals surface area contributed by atoms with Crippen molar-refractivity contribution in [1.82, 2.24) is 5.32 Å². The fraction of sp³-hybridized carbons (Fsp3) is 0.500. The Hall–Kier alpha value is -1.55. The van der Waals surface area contributed by atoms with E-state index in [2.05, 4.69) is 41.4 Å². The molecule has 1 aliphatic heterocycles. The van der Waals surface area contributed by atoms with Crippen molar-refractivity contribution in [3.8, 4) is 0 Å². The summed E-state index contributed by atoms with van der Waals surface area (Å²) in [6.07, 6.45) is 0.870. The maximum Gasteiger partial charge on any atom is 0.222 e. The van der Waals surface area contributed by atoms with E-state index in [0.717, 1.165) is 32.6 Å². The van der Waals surface area contributed by atoms with E-state index in [-0.39, 0.29) is 11.8 Å². The minimum Gasteiger partial charge on any atom is -0.371 e. The first kappa shape index (κ1) is 12.9. The zero-order valence-corrected chi connectivity index (χ0v) is 10.9. The molecular formula is C14H21N3O. The van der Waals surface area contributed by atoms with Crippen LogP contribution in [0.1, 0.15) is 18.9 Å². The molecule has 18 heavy (non-hydrogen) atoms. The molecule has 0 spiro atoms. The van der Waals surface area contributed by atoms with Crippen molar-refractivity contribution in [2.24, 2.45) is 11.7 Å².